The second kappa shape index (κ2) is 5.35. The molecule has 64 valence electrons. The van der Waals surface area contributed by atoms with Crippen LogP contribution in [0.4, 0.5) is 0 Å². The molecule has 0 aliphatic heterocycles. The number of hydrogen-bond donors (Lipinski definition) is 0. The van der Waals surface area contributed by atoms with Crippen LogP contribution >= 0.6 is 0 Å². The van der Waals surface area contributed by atoms with Crippen molar-refractivity contribution in [3.63, 3.8) is 0 Å². The summed E-state index contributed by atoms with van der Waals surface area (Å²) in [5.41, 5.74) is 0. The van der Waals surface area contributed by atoms with Crippen molar-refractivity contribution in [1.82, 2.24) is 0 Å². The van der Waals surface area contributed by atoms with Gasteiger partial charge in [-0.3, -0.25) is 0 Å². The fourth-order valence-electron chi connectivity index (χ4n) is 0.873. The van der Waals surface area contributed by atoms with Gasteiger partial charge in [-0.05, 0) is 18.6 Å². The maximum absolute atomic E-state index is 9.96. The topological polar surface area (TPSA) is 26.3 Å². The zero-order valence-electron chi connectivity index (χ0n) is 6.90. The minimum atomic E-state index is 0.576. The first-order chi connectivity index (χ1) is 5.93. The second-order valence-electron chi connectivity index (χ2n) is 2.47. The van der Waals surface area contributed by atoms with Crippen LogP contribution in [-0.4, -0.2) is 12.9 Å². The maximum atomic E-state index is 9.96. The molecule has 2 nitrogen and oxygen atoms in total. The van der Waals surface area contributed by atoms with Gasteiger partial charge >= 0.3 is 0 Å². The minimum Gasteiger partial charge on any atom is -0.494 e. The van der Waals surface area contributed by atoms with Gasteiger partial charge in [-0.1, -0.05) is 18.2 Å². The third-order valence-corrected chi connectivity index (χ3v) is 1.48. The Morgan fingerprint density at radius 3 is 2.67 bits per heavy atom. The quantitative estimate of drug-likeness (QED) is 0.491. The van der Waals surface area contributed by atoms with Crippen molar-refractivity contribution in [1.29, 1.82) is 0 Å². The molecular formula is C10H12O2. The van der Waals surface area contributed by atoms with Crippen LogP contribution in [0.3, 0.4) is 0 Å². The molecule has 0 amide bonds. The molecule has 1 rings (SSSR count). The Hall–Kier alpha value is -1.31. The zero-order chi connectivity index (χ0) is 8.65. The summed E-state index contributed by atoms with van der Waals surface area (Å²) >= 11 is 0. The highest BCUT2D eigenvalue weighted by atomic mass is 16.5. The molecule has 12 heavy (non-hydrogen) atoms. The molecule has 0 fully saturated rings. The number of carbonyl (C=O) groups is 1. The van der Waals surface area contributed by atoms with Crippen molar-refractivity contribution in [3.05, 3.63) is 30.3 Å². The van der Waals surface area contributed by atoms with Crippen molar-refractivity contribution in [3.8, 4) is 5.75 Å². The van der Waals surface area contributed by atoms with Crippen LogP contribution < -0.4 is 4.74 Å². The number of ether oxygens (including phenoxy) is 1. The van der Waals surface area contributed by atoms with Gasteiger partial charge < -0.3 is 9.53 Å². The molecule has 0 aliphatic rings. The highest BCUT2D eigenvalue weighted by Gasteiger charge is 1.89. The molecular weight excluding hydrogens is 152 g/mol. The summed E-state index contributed by atoms with van der Waals surface area (Å²) in [6.45, 7) is 0.614. The number of benzene rings is 1. The average molecular weight is 164 g/mol. The Balaban J connectivity index is 2.20. The molecule has 0 radical (unpaired) electrons. The Morgan fingerprint density at radius 1 is 1.25 bits per heavy atom. The summed E-state index contributed by atoms with van der Waals surface area (Å²) in [4.78, 5) is 9.96. The summed E-state index contributed by atoms with van der Waals surface area (Å²) in [7, 11) is 0. The number of unbranched alkanes of at least 4 members (excludes halogenated alkanes) is 1. The molecule has 0 saturated heterocycles. The van der Waals surface area contributed by atoms with Crippen LogP contribution in [0.2, 0.25) is 0 Å². The predicted molar refractivity (Wildman–Crippen MR) is 47.2 cm³/mol. The SMILES string of the molecule is O=CCCCOc1ccccc1. The molecule has 2 heteroatoms. The molecule has 0 unspecified atom stereocenters. The third kappa shape index (κ3) is 3.19. The monoisotopic (exact) mass is 164 g/mol. The van der Waals surface area contributed by atoms with Gasteiger partial charge in [-0.15, -0.1) is 0 Å². The molecule has 0 atom stereocenters. The van der Waals surface area contributed by atoms with Crippen LogP contribution in [0.5, 0.6) is 5.75 Å². The lowest BCUT2D eigenvalue weighted by Crippen LogP contribution is -1.96. The van der Waals surface area contributed by atoms with E-state index >= 15 is 0 Å². The first-order valence-electron chi connectivity index (χ1n) is 4.05. The lowest BCUT2D eigenvalue weighted by Gasteiger charge is -2.02. The van der Waals surface area contributed by atoms with Crippen molar-refractivity contribution in [2.45, 2.75) is 12.8 Å². The largest absolute Gasteiger partial charge is 0.494 e. The molecule has 0 saturated carbocycles. The lowest BCUT2D eigenvalue weighted by molar-refractivity contribution is -0.108. The first kappa shape index (κ1) is 8.78. The highest BCUT2D eigenvalue weighted by molar-refractivity contribution is 5.48. The van der Waals surface area contributed by atoms with Crippen molar-refractivity contribution in [2.75, 3.05) is 6.61 Å². The summed E-state index contributed by atoms with van der Waals surface area (Å²) in [6.07, 6.45) is 2.28. The van der Waals surface area contributed by atoms with Gasteiger partial charge in [-0.25, -0.2) is 0 Å². The molecule has 1 aromatic rings. The molecule has 0 bridgehead atoms. The van der Waals surface area contributed by atoms with Gasteiger partial charge in [0.25, 0.3) is 0 Å². The number of aldehydes is 1. The van der Waals surface area contributed by atoms with Gasteiger partial charge in [0.2, 0.25) is 0 Å². The first-order valence-corrected chi connectivity index (χ1v) is 4.05. The van der Waals surface area contributed by atoms with Crippen LogP contribution in [0.25, 0.3) is 0 Å². The van der Waals surface area contributed by atoms with E-state index in [-0.39, 0.29) is 0 Å². The van der Waals surface area contributed by atoms with Crippen molar-refractivity contribution >= 4 is 6.29 Å². The molecule has 0 aromatic heterocycles. The van der Waals surface area contributed by atoms with E-state index in [0.29, 0.717) is 13.0 Å². The molecule has 1 aromatic carbocycles. The van der Waals surface area contributed by atoms with Gasteiger partial charge in [0.15, 0.2) is 0 Å². The van der Waals surface area contributed by atoms with E-state index < -0.39 is 0 Å². The Labute approximate surface area is 72.2 Å². The molecule has 0 N–H and O–H groups in total. The van der Waals surface area contributed by atoms with Gasteiger partial charge in [0.05, 0.1) is 6.61 Å². The predicted octanol–water partition coefficient (Wildman–Crippen LogP) is 2.04. The zero-order valence-corrected chi connectivity index (χ0v) is 6.90. The van der Waals surface area contributed by atoms with E-state index in [1.165, 1.54) is 0 Å². The average Bonchev–Trinajstić information content (AvgIpc) is 2.14. The van der Waals surface area contributed by atoms with E-state index in [1.807, 2.05) is 30.3 Å². The minimum absolute atomic E-state index is 0.576. The fraction of sp³-hybridized carbons (Fsp3) is 0.300. The van der Waals surface area contributed by atoms with Crippen LogP contribution in [0.1, 0.15) is 12.8 Å². The van der Waals surface area contributed by atoms with Gasteiger partial charge in [0.1, 0.15) is 12.0 Å². The van der Waals surface area contributed by atoms with Crippen molar-refractivity contribution in [2.24, 2.45) is 0 Å². The van der Waals surface area contributed by atoms with E-state index in [4.69, 9.17) is 4.74 Å². The standard InChI is InChI=1S/C10H12O2/c11-8-4-5-9-12-10-6-2-1-3-7-10/h1-3,6-8H,4-5,9H2. The summed E-state index contributed by atoms with van der Waals surface area (Å²) in [5.74, 6) is 0.864. The number of rotatable bonds is 5. The smallest absolute Gasteiger partial charge is 0.120 e. The number of para-hydroxylation sites is 1. The maximum Gasteiger partial charge on any atom is 0.120 e. The number of carbonyl (C=O) groups excluding carboxylic acids is 1. The van der Waals surface area contributed by atoms with Crippen LogP contribution in [0.15, 0.2) is 30.3 Å². The summed E-state index contributed by atoms with van der Waals surface area (Å²) < 4.78 is 5.35. The van der Waals surface area contributed by atoms with Crippen LogP contribution in [0, 0.1) is 0 Å². The molecule has 0 spiro atoms. The van der Waals surface area contributed by atoms with E-state index in [9.17, 15) is 4.79 Å². The highest BCUT2D eigenvalue weighted by Crippen LogP contribution is 2.08. The number of hydrogen-bond acceptors (Lipinski definition) is 2. The molecule has 0 heterocycles. The fourth-order valence-corrected chi connectivity index (χ4v) is 0.873. The van der Waals surface area contributed by atoms with E-state index in [1.54, 1.807) is 0 Å². The normalized spacial score (nSPS) is 9.33. The van der Waals surface area contributed by atoms with Crippen molar-refractivity contribution < 1.29 is 9.53 Å². The Morgan fingerprint density at radius 2 is 2.00 bits per heavy atom. The van der Waals surface area contributed by atoms with Gasteiger partial charge in [-0.2, -0.15) is 0 Å². The van der Waals surface area contributed by atoms with E-state index in [2.05, 4.69) is 0 Å². The van der Waals surface area contributed by atoms with Gasteiger partial charge in [0, 0.05) is 6.42 Å². The Kier molecular flexibility index (Phi) is 3.92. The second-order valence-corrected chi connectivity index (χ2v) is 2.47. The summed E-state index contributed by atoms with van der Waals surface area (Å²) in [5, 5.41) is 0. The lowest BCUT2D eigenvalue weighted by atomic mass is 10.3. The Bertz CT molecular complexity index is 219. The van der Waals surface area contributed by atoms with Crippen LogP contribution in [-0.2, 0) is 4.79 Å². The summed E-state index contributed by atoms with van der Waals surface area (Å²) in [6, 6.07) is 9.60. The molecule has 0 aliphatic carbocycles. The third-order valence-electron chi connectivity index (χ3n) is 1.48. The van der Waals surface area contributed by atoms with E-state index in [0.717, 1.165) is 18.5 Å².